The number of likely N-dealkylation sites (tertiary alicyclic amines) is 1. The summed E-state index contributed by atoms with van der Waals surface area (Å²) in [6, 6.07) is 0. The number of ether oxygens (including phenoxy) is 1. The molecule has 1 fully saturated rings. The molecule has 0 radical (unpaired) electrons. The largest absolute Gasteiger partial charge is 0.384 e. The molecule has 2 heterocycles. The Morgan fingerprint density at radius 1 is 1.44 bits per heavy atom. The van der Waals surface area contributed by atoms with E-state index in [-0.39, 0.29) is 0 Å². The van der Waals surface area contributed by atoms with Gasteiger partial charge in [0.15, 0.2) is 5.82 Å². The van der Waals surface area contributed by atoms with Crippen LogP contribution >= 0.6 is 0 Å². The van der Waals surface area contributed by atoms with E-state index >= 15 is 0 Å². The van der Waals surface area contributed by atoms with E-state index < -0.39 is 0 Å². The molecule has 0 amide bonds. The summed E-state index contributed by atoms with van der Waals surface area (Å²) in [4.78, 5) is 2.44. The Balaban J connectivity index is 1.89. The Labute approximate surface area is 108 Å². The van der Waals surface area contributed by atoms with Crippen LogP contribution < -0.4 is 0 Å². The quantitative estimate of drug-likeness (QED) is 0.755. The molecule has 0 unspecified atom stereocenters. The fraction of sp³-hybridized carbons (Fsp3) is 0.917. The van der Waals surface area contributed by atoms with Crippen molar-refractivity contribution in [3.8, 4) is 0 Å². The zero-order valence-corrected chi connectivity index (χ0v) is 11.4. The zero-order valence-electron chi connectivity index (χ0n) is 11.4. The normalized spacial score (nSPS) is 21.3. The molecule has 0 spiro atoms. The van der Waals surface area contributed by atoms with Gasteiger partial charge in [-0.25, -0.2) is 4.68 Å². The van der Waals surface area contributed by atoms with Gasteiger partial charge in [-0.1, -0.05) is 6.92 Å². The molecular weight excluding hydrogens is 230 g/mol. The monoisotopic (exact) mass is 253 g/mol. The van der Waals surface area contributed by atoms with E-state index in [2.05, 4.69) is 27.3 Å². The molecule has 2 rings (SSSR count). The van der Waals surface area contributed by atoms with Crippen LogP contribution in [0.2, 0.25) is 0 Å². The van der Waals surface area contributed by atoms with Crippen molar-refractivity contribution in [2.75, 3.05) is 26.8 Å². The first-order valence-corrected chi connectivity index (χ1v) is 6.79. The van der Waals surface area contributed by atoms with E-state index in [9.17, 15) is 0 Å². The van der Waals surface area contributed by atoms with Crippen molar-refractivity contribution < 1.29 is 4.74 Å². The predicted molar refractivity (Wildman–Crippen MR) is 68.0 cm³/mol. The van der Waals surface area contributed by atoms with Crippen LogP contribution in [0.3, 0.4) is 0 Å². The molecule has 0 bridgehead atoms. The van der Waals surface area contributed by atoms with Crippen LogP contribution in [-0.4, -0.2) is 51.9 Å². The highest BCUT2D eigenvalue weighted by Gasteiger charge is 2.21. The van der Waals surface area contributed by atoms with Gasteiger partial charge in [0.25, 0.3) is 0 Å². The van der Waals surface area contributed by atoms with E-state index in [0.717, 1.165) is 45.0 Å². The Morgan fingerprint density at radius 3 is 3.11 bits per heavy atom. The molecule has 1 aromatic rings. The molecule has 18 heavy (non-hydrogen) atoms. The molecule has 0 aliphatic carbocycles. The molecule has 0 N–H and O–H groups in total. The van der Waals surface area contributed by atoms with Gasteiger partial charge in [-0.05, 0) is 42.2 Å². The number of rotatable bonds is 6. The summed E-state index contributed by atoms with van der Waals surface area (Å²) in [6.45, 7) is 6.98. The van der Waals surface area contributed by atoms with Gasteiger partial charge in [0.2, 0.25) is 0 Å². The summed E-state index contributed by atoms with van der Waals surface area (Å²) in [5, 5.41) is 11.9. The summed E-state index contributed by atoms with van der Waals surface area (Å²) in [7, 11) is 1.78. The van der Waals surface area contributed by atoms with Gasteiger partial charge in [-0.3, -0.25) is 4.90 Å². The molecule has 1 saturated heterocycles. The fourth-order valence-electron chi connectivity index (χ4n) is 2.59. The predicted octanol–water partition coefficient (Wildman–Crippen LogP) is 0.941. The minimum atomic E-state index is 0.652. The van der Waals surface area contributed by atoms with E-state index in [1.165, 1.54) is 12.8 Å². The van der Waals surface area contributed by atoms with Crippen molar-refractivity contribution >= 4 is 0 Å². The number of hydrogen-bond acceptors (Lipinski definition) is 5. The van der Waals surface area contributed by atoms with Crippen molar-refractivity contribution in [3.63, 3.8) is 0 Å². The molecule has 0 saturated carbocycles. The van der Waals surface area contributed by atoms with Gasteiger partial charge in [0.05, 0.1) is 13.2 Å². The third-order valence-electron chi connectivity index (χ3n) is 3.41. The lowest BCUT2D eigenvalue weighted by atomic mass is 9.99. The first-order valence-electron chi connectivity index (χ1n) is 6.79. The van der Waals surface area contributed by atoms with Gasteiger partial charge in [0, 0.05) is 20.2 Å². The second kappa shape index (κ2) is 6.80. The number of nitrogens with zero attached hydrogens (tertiary/aromatic N) is 5. The van der Waals surface area contributed by atoms with Crippen LogP contribution in [0.25, 0.3) is 0 Å². The maximum absolute atomic E-state index is 5.25. The number of piperidine rings is 1. The third kappa shape index (κ3) is 3.49. The Morgan fingerprint density at radius 2 is 2.33 bits per heavy atom. The Bertz CT molecular complexity index is 352. The number of tetrazole rings is 1. The summed E-state index contributed by atoms with van der Waals surface area (Å²) in [6.07, 6.45) is 3.57. The molecule has 1 aliphatic rings. The standard InChI is InChI=1S/C12H23N5O/c1-3-6-17-12(13-14-15-17)9-16-7-4-5-11(8-16)10-18-2/h11H,3-10H2,1-2H3/t11-/m0/s1. The van der Waals surface area contributed by atoms with Crippen molar-refractivity contribution in [1.82, 2.24) is 25.1 Å². The lowest BCUT2D eigenvalue weighted by molar-refractivity contribution is 0.0854. The lowest BCUT2D eigenvalue weighted by Gasteiger charge is -2.31. The van der Waals surface area contributed by atoms with Crippen molar-refractivity contribution in [1.29, 1.82) is 0 Å². The lowest BCUT2D eigenvalue weighted by Crippen LogP contribution is -2.37. The van der Waals surface area contributed by atoms with Gasteiger partial charge in [-0.2, -0.15) is 0 Å². The topological polar surface area (TPSA) is 56.1 Å². The average molecular weight is 253 g/mol. The number of aryl methyl sites for hydroxylation is 1. The highest BCUT2D eigenvalue weighted by atomic mass is 16.5. The van der Waals surface area contributed by atoms with Crippen LogP contribution in [0.5, 0.6) is 0 Å². The summed E-state index contributed by atoms with van der Waals surface area (Å²) >= 11 is 0. The molecule has 1 atom stereocenters. The van der Waals surface area contributed by atoms with E-state index in [1.54, 1.807) is 7.11 Å². The number of aromatic nitrogens is 4. The van der Waals surface area contributed by atoms with Gasteiger partial charge in [0.1, 0.15) is 0 Å². The first kappa shape index (κ1) is 13.4. The van der Waals surface area contributed by atoms with Gasteiger partial charge in [-0.15, -0.1) is 5.10 Å². The third-order valence-corrected chi connectivity index (χ3v) is 3.41. The average Bonchev–Trinajstić information content (AvgIpc) is 2.78. The van der Waals surface area contributed by atoms with Crippen molar-refractivity contribution in [2.24, 2.45) is 5.92 Å². The van der Waals surface area contributed by atoms with Crippen LogP contribution in [0.15, 0.2) is 0 Å². The fourth-order valence-corrected chi connectivity index (χ4v) is 2.59. The minimum absolute atomic E-state index is 0.652. The first-order chi connectivity index (χ1) is 8.83. The molecule has 1 aromatic heterocycles. The van der Waals surface area contributed by atoms with Crippen LogP contribution in [-0.2, 0) is 17.8 Å². The molecule has 102 valence electrons. The van der Waals surface area contributed by atoms with Crippen LogP contribution in [0, 0.1) is 5.92 Å². The summed E-state index contributed by atoms with van der Waals surface area (Å²) in [5.74, 6) is 1.63. The highest BCUT2D eigenvalue weighted by molar-refractivity contribution is 4.83. The van der Waals surface area contributed by atoms with E-state index in [0.29, 0.717) is 5.92 Å². The van der Waals surface area contributed by atoms with Gasteiger partial charge >= 0.3 is 0 Å². The molecule has 6 heteroatoms. The van der Waals surface area contributed by atoms with Crippen molar-refractivity contribution in [2.45, 2.75) is 39.3 Å². The Hall–Kier alpha value is -1.01. The van der Waals surface area contributed by atoms with E-state index in [4.69, 9.17) is 4.74 Å². The van der Waals surface area contributed by atoms with E-state index in [1.807, 2.05) is 4.68 Å². The molecular formula is C12H23N5O. The number of methoxy groups -OCH3 is 1. The van der Waals surface area contributed by atoms with Crippen molar-refractivity contribution in [3.05, 3.63) is 5.82 Å². The van der Waals surface area contributed by atoms with Gasteiger partial charge < -0.3 is 4.74 Å². The molecule has 0 aromatic carbocycles. The summed E-state index contributed by atoms with van der Waals surface area (Å²) in [5.41, 5.74) is 0. The zero-order chi connectivity index (χ0) is 12.8. The highest BCUT2D eigenvalue weighted by Crippen LogP contribution is 2.18. The molecule has 1 aliphatic heterocycles. The number of hydrogen-bond donors (Lipinski definition) is 0. The second-order valence-corrected chi connectivity index (χ2v) is 5.02. The smallest absolute Gasteiger partial charge is 0.165 e. The van der Waals surface area contributed by atoms with Crippen LogP contribution in [0.1, 0.15) is 32.0 Å². The minimum Gasteiger partial charge on any atom is -0.384 e. The summed E-state index contributed by atoms with van der Waals surface area (Å²) < 4.78 is 7.17. The molecule has 6 nitrogen and oxygen atoms in total. The Kier molecular flexibility index (Phi) is 5.07. The second-order valence-electron chi connectivity index (χ2n) is 5.02. The maximum Gasteiger partial charge on any atom is 0.165 e. The SMILES string of the molecule is CCCn1nnnc1CN1CCC[C@H](COC)C1. The maximum atomic E-state index is 5.25. The van der Waals surface area contributed by atoms with Crippen LogP contribution in [0.4, 0.5) is 0 Å².